The lowest BCUT2D eigenvalue weighted by molar-refractivity contribution is -0.140. The molecule has 0 aromatic heterocycles. The van der Waals surface area contributed by atoms with E-state index in [4.69, 9.17) is 9.47 Å². The largest absolute Gasteiger partial charge is 0.488 e. The molecular formula is C16H17F2NO6. The number of hydrogen-bond donors (Lipinski definition) is 0. The summed E-state index contributed by atoms with van der Waals surface area (Å²) in [6.45, 7) is 1.15. The molecule has 136 valence electrons. The molecule has 0 atom stereocenters. The summed E-state index contributed by atoms with van der Waals surface area (Å²) in [7, 11) is 2.25. The second-order valence-corrected chi connectivity index (χ2v) is 4.86. The number of carbonyl (C=O) groups excluding carboxylic acids is 2. The molecule has 0 spiro atoms. The SMILES string of the molecule is CCOc1c(F)ccc(N2COCC(C(=O)OC)=C2C(=O)OC)c1F. The number of esters is 2. The summed E-state index contributed by atoms with van der Waals surface area (Å²) in [5.41, 5.74) is -0.581. The summed E-state index contributed by atoms with van der Waals surface area (Å²) in [6.07, 6.45) is 0. The van der Waals surface area contributed by atoms with Crippen molar-refractivity contribution in [3.05, 3.63) is 35.0 Å². The van der Waals surface area contributed by atoms with Crippen molar-refractivity contribution in [3.8, 4) is 5.75 Å². The summed E-state index contributed by atoms with van der Waals surface area (Å²) in [6, 6.07) is 2.10. The quantitative estimate of drug-likeness (QED) is 0.744. The highest BCUT2D eigenvalue weighted by Gasteiger charge is 2.34. The van der Waals surface area contributed by atoms with Crippen LogP contribution in [0.4, 0.5) is 14.5 Å². The number of carbonyl (C=O) groups is 2. The normalized spacial score (nSPS) is 14.4. The average Bonchev–Trinajstić information content (AvgIpc) is 2.63. The fourth-order valence-corrected chi connectivity index (χ4v) is 2.34. The average molecular weight is 357 g/mol. The Labute approximate surface area is 142 Å². The van der Waals surface area contributed by atoms with Crippen molar-refractivity contribution in [2.75, 3.05) is 39.1 Å². The molecular weight excluding hydrogens is 340 g/mol. The van der Waals surface area contributed by atoms with Crippen molar-refractivity contribution < 1.29 is 37.3 Å². The van der Waals surface area contributed by atoms with Gasteiger partial charge >= 0.3 is 11.9 Å². The van der Waals surface area contributed by atoms with Crippen LogP contribution in [0.5, 0.6) is 5.75 Å². The summed E-state index contributed by atoms with van der Waals surface area (Å²) < 4.78 is 48.0. The van der Waals surface area contributed by atoms with Crippen LogP contribution in [0.2, 0.25) is 0 Å². The van der Waals surface area contributed by atoms with Crippen molar-refractivity contribution in [1.82, 2.24) is 0 Å². The second-order valence-electron chi connectivity index (χ2n) is 4.86. The monoisotopic (exact) mass is 357 g/mol. The Balaban J connectivity index is 2.62. The van der Waals surface area contributed by atoms with E-state index in [0.29, 0.717) is 0 Å². The minimum Gasteiger partial charge on any atom is -0.488 e. The number of halogens is 2. The van der Waals surface area contributed by atoms with E-state index in [1.807, 2.05) is 0 Å². The van der Waals surface area contributed by atoms with E-state index in [-0.39, 0.29) is 36.9 Å². The zero-order chi connectivity index (χ0) is 18.6. The molecule has 0 saturated heterocycles. The number of anilines is 1. The lowest BCUT2D eigenvalue weighted by Crippen LogP contribution is -2.39. The van der Waals surface area contributed by atoms with Gasteiger partial charge in [0.05, 0.1) is 38.7 Å². The second kappa shape index (κ2) is 7.93. The first-order valence-electron chi connectivity index (χ1n) is 7.32. The molecule has 1 aromatic rings. The molecule has 1 heterocycles. The molecule has 0 radical (unpaired) electrons. The fraction of sp³-hybridized carbons (Fsp3) is 0.375. The molecule has 7 nitrogen and oxygen atoms in total. The predicted octanol–water partition coefficient (Wildman–Crippen LogP) is 1.76. The molecule has 0 N–H and O–H groups in total. The highest BCUT2D eigenvalue weighted by atomic mass is 19.1. The highest BCUT2D eigenvalue weighted by Crippen LogP contribution is 2.34. The van der Waals surface area contributed by atoms with Gasteiger partial charge in [0.25, 0.3) is 0 Å². The molecule has 0 saturated carbocycles. The number of rotatable bonds is 5. The lowest BCUT2D eigenvalue weighted by Gasteiger charge is -2.31. The van der Waals surface area contributed by atoms with Gasteiger partial charge in [-0.25, -0.2) is 18.4 Å². The van der Waals surface area contributed by atoms with Gasteiger partial charge in [-0.05, 0) is 19.1 Å². The molecule has 25 heavy (non-hydrogen) atoms. The third-order valence-electron chi connectivity index (χ3n) is 3.44. The van der Waals surface area contributed by atoms with Gasteiger partial charge in [0.1, 0.15) is 12.4 Å². The molecule has 9 heteroatoms. The van der Waals surface area contributed by atoms with Crippen LogP contribution in [0.25, 0.3) is 0 Å². The molecule has 2 rings (SSSR count). The van der Waals surface area contributed by atoms with Crippen LogP contribution < -0.4 is 9.64 Å². The van der Waals surface area contributed by atoms with Crippen LogP contribution in [0.1, 0.15) is 6.92 Å². The fourth-order valence-electron chi connectivity index (χ4n) is 2.34. The number of ether oxygens (including phenoxy) is 4. The third kappa shape index (κ3) is 3.55. The molecule has 0 unspecified atom stereocenters. The van der Waals surface area contributed by atoms with Crippen molar-refractivity contribution in [1.29, 1.82) is 0 Å². The van der Waals surface area contributed by atoms with Gasteiger partial charge in [0, 0.05) is 0 Å². The Morgan fingerprint density at radius 1 is 1.20 bits per heavy atom. The molecule has 0 amide bonds. The first kappa shape index (κ1) is 18.7. The van der Waals surface area contributed by atoms with E-state index in [0.717, 1.165) is 31.3 Å². The van der Waals surface area contributed by atoms with Crippen LogP contribution in [-0.2, 0) is 23.8 Å². The highest BCUT2D eigenvalue weighted by molar-refractivity contribution is 6.03. The van der Waals surface area contributed by atoms with Gasteiger partial charge in [0.2, 0.25) is 0 Å². The van der Waals surface area contributed by atoms with Crippen LogP contribution in [-0.4, -0.2) is 46.1 Å². The van der Waals surface area contributed by atoms with E-state index < -0.39 is 29.3 Å². The Morgan fingerprint density at radius 3 is 2.48 bits per heavy atom. The number of methoxy groups -OCH3 is 2. The minimum atomic E-state index is -1.03. The van der Waals surface area contributed by atoms with Crippen molar-refractivity contribution in [2.45, 2.75) is 6.92 Å². The number of hydrogen-bond acceptors (Lipinski definition) is 7. The molecule has 1 aliphatic rings. The summed E-state index contributed by atoms with van der Waals surface area (Å²) in [4.78, 5) is 25.1. The molecule has 1 aliphatic heterocycles. The van der Waals surface area contributed by atoms with Gasteiger partial charge in [-0.3, -0.25) is 0 Å². The van der Waals surface area contributed by atoms with Crippen molar-refractivity contribution in [3.63, 3.8) is 0 Å². The van der Waals surface area contributed by atoms with Crippen LogP contribution in [0.15, 0.2) is 23.4 Å². The van der Waals surface area contributed by atoms with E-state index in [1.54, 1.807) is 6.92 Å². The first-order valence-corrected chi connectivity index (χ1v) is 7.32. The van der Waals surface area contributed by atoms with Gasteiger partial charge in [-0.2, -0.15) is 0 Å². The van der Waals surface area contributed by atoms with Gasteiger partial charge < -0.3 is 23.8 Å². The maximum absolute atomic E-state index is 14.7. The standard InChI is InChI=1S/C16H17F2NO6/c1-4-25-14-10(17)5-6-11(12(14)18)19-8-24-7-9(15(20)22-2)13(19)16(21)23-3/h5-6H,4,7-8H2,1-3H3. The van der Waals surface area contributed by atoms with Crippen LogP contribution >= 0.6 is 0 Å². The van der Waals surface area contributed by atoms with E-state index in [9.17, 15) is 18.4 Å². The van der Waals surface area contributed by atoms with Crippen LogP contribution in [0, 0.1) is 11.6 Å². The Kier molecular flexibility index (Phi) is 5.92. The number of nitrogens with zero attached hydrogens (tertiary/aromatic N) is 1. The molecule has 0 aliphatic carbocycles. The van der Waals surface area contributed by atoms with Gasteiger partial charge in [-0.15, -0.1) is 0 Å². The summed E-state index contributed by atoms with van der Waals surface area (Å²) in [5.74, 6) is -4.21. The summed E-state index contributed by atoms with van der Waals surface area (Å²) >= 11 is 0. The zero-order valence-corrected chi connectivity index (χ0v) is 13.9. The zero-order valence-electron chi connectivity index (χ0n) is 13.9. The van der Waals surface area contributed by atoms with Crippen LogP contribution in [0.3, 0.4) is 0 Å². The van der Waals surface area contributed by atoms with Crippen molar-refractivity contribution in [2.24, 2.45) is 0 Å². The van der Waals surface area contributed by atoms with E-state index >= 15 is 0 Å². The summed E-state index contributed by atoms with van der Waals surface area (Å²) in [5, 5.41) is 0. The Hall–Kier alpha value is -2.68. The van der Waals surface area contributed by atoms with Crippen molar-refractivity contribution >= 4 is 17.6 Å². The van der Waals surface area contributed by atoms with E-state index in [1.165, 1.54) is 0 Å². The topological polar surface area (TPSA) is 74.3 Å². The molecule has 0 fully saturated rings. The minimum absolute atomic E-state index is 0.0426. The lowest BCUT2D eigenvalue weighted by atomic mass is 10.1. The van der Waals surface area contributed by atoms with E-state index in [2.05, 4.69) is 9.47 Å². The van der Waals surface area contributed by atoms with Gasteiger partial charge in [0.15, 0.2) is 17.4 Å². The maximum atomic E-state index is 14.7. The smallest absolute Gasteiger partial charge is 0.355 e. The maximum Gasteiger partial charge on any atom is 0.355 e. The Bertz CT molecular complexity index is 719. The number of benzene rings is 1. The molecule has 0 bridgehead atoms. The predicted molar refractivity (Wildman–Crippen MR) is 81.9 cm³/mol. The first-order chi connectivity index (χ1) is 12.0. The van der Waals surface area contributed by atoms with Gasteiger partial charge in [-0.1, -0.05) is 0 Å². The molecule has 1 aromatic carbocycles. The third-order valence-corrected chi connectivity index (χ3v) is 3.44. The Morgan fingerprint density at radius 2 is 1.88 bits per heavy atom.